The lowest BCUT2D eigenvalue weighted by Gasteiger charge is -2.15. The van der Waals surface area contributed by atoms with Gasteiger partial charge in [0.05, 0.1) is 26.0 Å². The van der Waals surface area contributed by atoms with E-state index in [1.807, 2.05) is 42.5 Å². The van der Waals surface area contributed by atoms with Crippen LogP contribution in [0.5, 0.6) is 11.5 Å². The Kier molecular flexibility index (Phi) is 5.47. The van der Waals surface area contributed by atoms with Crippen LogP contribution in [0.2, 0.25) is 0 Å². The smallest absolute Gasteiger partial charge is 0.121 e. The molecule has 0 saturated carbocycles. The number of aliphatic hydroxyl groups excluding tert-OH is 1. The molecular formula is C16H18BrNO3. The molecule has 0 radical (unpaired) electrons. The van der Waals surface area contributed by atoms with Gasteiger partial charge in [-0.25, -0.2) is 0 Å². The van der Waals surface area contributed by atoms with E-state index in [2.05, 4.69) is 21.2 Å². The van der Waals surface area contributed by atoms with Crippen LogP contribution >= 0.6 is 15.9 Å². The van der Waals surface area contributed by atoms with E-state index in [9.17, 15) is 5.11 Å². The molecule has 2 aromatic rings. The van der Waals surface area contributed by atoms with Crippen LogP contribution in [0.1, 0.15) is 11.7 Å². The second kappa shape index (κ2) is 7.33. The average Bonchev–Trinajstić information content (AvgIpc) is 2.53. The molecular weight excluding hydrogens is 334 g/mol. The zero-order chi connectivity index (χ0) is 15.2. The molecule has 0 aliphatic rings. The van der Waals surface area contributed by atoms with E-state index in [-0.39, 0.29) is 0 Å². The van der Waals surface area contributed by atoms with Gasteiger partial charge in [0, 0.05) is 17.1 Å². The third kappa shape index (κ3) is 4.12. The highest BCUT2D eigenvalue weighted by Crippen LogP contribution is 2.28. The van der Waals surface area contributed by atoms with Crippen LogP contribution in [0.25, 0.3) is 0 Å². The summed E-state index contributed by atoms with van der Waals surface area (Å²) >= 11 is 3.47. The summed E-state index contributed by atoms with van der Waals surface area (Å²) in [6.45, 7) is 0.388. The first-order chi connectivity index (χ1) is 10.1. The van der Waals surface area contributed by atoms with Gasteiger partial charge in [0.15, 0.2) is 0 Å². The van der Waals surface area contributed by atoms with E-state index in [1.54, 1.807) is 14.2 Å². The van der Waals surface area contributed by atoms with E-state index in [4.69, 9.17) is 9.47 Å². The number of ether oxygens (including phenoxy) is 2. The lowest BCUT2D eigenvalue weighted by molar-refractivity contribution is 0.191. The van der Waals surface area contributed by atoms with E-state index in [0.717, 1.165) is 27.2 Å². The molecule has 2 rings (SSSR count). The second-order valence-electron chi connectivity index (χ2n) is 4.52. The van der Waals surface area contributed by atoms with Crippen molar-refractivity contribution in [3.05, 3.63) is 52.5 Å². The number of hydrogen-bond acceptors (Lipinski definition) is 4. The van der Waals surface area contributed by atoms with Crippen LogP contribution in [0.3, 0.4) is 0 Å². The van der Waals surface area contributed by atoms with Gasteiger partial charge in [0.2, 0.25) is 0 Å². The Labute approximate surface area is 132 Å². The summed E-state index contributed by atoms with van der Waals surface area (Å²) in [6.07, 6.45) is -0.627. The lowest BCUT2D eigenvalue weighted by Crippen LogP contribution is -2.12. The molecule has 0 aromatic heterocycles. The number of hydrogen-bond donors (Lipinski definition) is 2. The third-order valence-electron chi connectivity index (χ3n) is 3.14. The van der Waals surface area contributed by atoms with Crippen molar-refractivity contribution in [3.8, 4) is 11.5 Å². The average molecular weight is 352 g/mol. The molecule has 1 unspecified atom stereocenters. The van der Waals surface area contributed by atoms with E-state index < -0.39 is 6.10 Å². The van der Waals surface area contributed by atoms with Crippen molar-refractivity contribution in [1.82, 2.24) is 0 Å². The molecule has 0 aliphatic heterocycles. The van der Waals surface area contributed by atoms with E-state index in [0.29, 0.717) is 6.54 Å². The molecule has 2 N–H and O–H groups in total. The molecule has 2 aromatic carbocycles. The standard InChI is InChI=1S/C16H18BrNO3/c1-20-12-5-3-4-11(8-12)16(19)10-18-15-9-13(21-2)6-7-14(15)17/h3-9,16,18-19H,10H2,1-2H3. The topological polar surface area (TPSA) is 50.7 Å². The van der Waals surface area contributed by atoms with Gasteiger partial charge in [-0.2, -0.15) is 0 Å². The fraction of sp³-hybridized carbons (Fsp3) is 0.250. The Hall–Kier alpha value is -1.72. The van der Waals surface area contributed by atoms with Crippen LogP contribution in [-0.4, -0.2) is 25.9 Å². The van der Waals surface area contributed by atoms with Crippen molar-refractivity contribution in [2.75, 3.05) is 26.1 Å². The Bertz CT molecular complexity index is 604. The second-order valence-corrected chi connectivity index (χ2v) is 5.37. The molecule has 1 atom stereocenters. The number of benzene rings is 2. The van der Waals surface area contributed by atoms with Crippen molar-refractivity contribution in [2.45, 2.75) is 6.10 Å². The van der Waals surface area contributed by atoms with Crippen molar-refractivity contribution in [2.24, 2.45) is 0 Å². The predicted molar refractivity (Wildman–Crippen MR) is 87.1 cm³/mol. The minimum absolute atomic E-state index is 0.388. The monoisotopic (exact) mass is 351 g/mol. The number of aliphatic hydroxyl groups is 1. The number of rotatable bonds is 6. The summed E-state index contributed by atoms with van der Waals surface area (Å²) in [5.41, 5.74) is 1.68. The predicted octanol–water partition coefficient (Wildman–Crippen LogP) is 3.61. The Morgan fingerprint density at radius 3 is 2.52 bits per heavy atom. The molecule has 0 spiro atoms. The first kappa shape index (κ1) is 15.7. The van der Waals surface area contributed by atoms with Gasteiger partial charge in [-0.15, -0.1) is 0 Å². The van der Waals surface area contributed by atoms with Gasteiger partial charge in [0.25, 0.3) is 0 Å². The summed E-state index contributed by atoms with van der Waals surface area (Å²) in [6, 6.07) is 13.1. The SMILES string of the molecule is COc1cccc(C(O)CNc2cc(OC)ccc2Br)c1. The van der Waals surface area contributed by atoms with Crippen LogP contribution in [-0.2, 0) is 0 Å². The fourth-order valence-corrected chi connectivity index (χ4v) is 2.33. The van der Waals surface area contributed by atoms with E-state index in [1.165, 1.54) is 0 Å². The summed E-state index contributed by atoms with van der Waals surface area (Å²) in [7, 11) is 3.23. The van der Waals surface area contributed by atoms with Crippen LogP contribution in [0.15, 0.2) is 46.9 Å². The summed E-state index contributed by atoms with van der Waals surface area (Å²) in [4.78, 5) is 0. The van der Waals surface area contributed by atoms with Gasteiger partial charge in [-0.05, 0) is 45.8 Å². The molecule has 0 fully saturated rings. The number of nitrogens with one attached hydrogen (secondary N) is 1. The minimum Gasteiger partial charge on any atom is -0.497 e. The highest BCUT2D eigenvalue weighted by atomic mass is 79.9. The number of methoxy groups -OCH3 is 2. The molecule has 112 valence electrons. The highest BCUT2D eigenvalue weighted by molar-refractivity contribution is 9.10. The van der Waals surface area contributed by atoms with Gasteiger partial charge in [-0.3, -0.25) is 0 Å². The van der Waals surface area contributed by atoms with Crippen LogP contribution in [0.4, 0.5) is 5.69 Å². The number of anilines is 1. The molecule has 0 amide bonds. The first-order valence-electron chi connectivity index (χ1n) is 6.53. The largest absolute Gasteiger partial charge is 0.497 e. The third-order valence-corrected chi connectivity index (χ3v) is 3.83. The van der Waals surface area contributed by atoms with Gasteiger partial charge in [-0.1, -0.05) is 12.1 Å². The summed E-state index contributed by atoms with van der Waals surface area (Å²) in [5, 5.41) is 13.5. The van der Waals surface area contributed by atoms with Gasteiger partial charge < -0.3 is 19.9 Å². The quantitative estimate of drug-likeness (QED) is 0.834. The summed E-state index contributed by atoms with van der Waals surface area (Å²) < 4.78 is 11.3. The molecule has 0 aliphatic carbocycles. The van der Waals surface area contributed by atoms with Crippen LogP contribution in [0, 0.1) is 0 Å². The minimum atomic E-state index is -0.627. The van der Waals surface area contributed by atoms with Crippen LogP contribution < -0.4 is 14.8 Å². The van der Waals surface area contributed by atoms with Crippen molar-refractivity contribution in [1.29, 1.82) is 0 Å². The molecule has 0 saturated heterocycles. The molecule has 5 heteroatoms. The van der Waals surface area contributed by atoms with Crippen molar-refractivity contribution >= 4 is 21.6 Å². The maximum Gasteiger partial charge on any atom is 0.121 e. The fourth-order valence-electron chi connectivity index (χ4n) is 1.94. The molecule has 21 heavy (non-hydrogen) atoms. The molecule has 0 bridgehead atoms. The lowest BCUT2D eigenvalue weighted by atomic mass is 10.1. The highest BCUT2D eigenvalue weighted by Gasteiger charge is 2.10. The van der Waals surface area contributed by atoms with E-state index >= 15 is 0 Å². The molecule has 4 nitrogen and oxygen atoms in total. The first-order valence-corrected chi connectivity index (χ1v) is 7.32. The number of halogens is 1. The molecule has 0 heterocycles. The van der Waals surface area contributed by atoms with Crippen molar-refractivity contribution < 1.29 is 14.6 Å². The summed E-state index contributed by atoms with van der Waals surface area (Å²) in [5.74, 6) is 1.49. The Morgan fingerprint density at radius 1 is 1.10 bits per heavy atom. The zero-order valence-corrected chi connectivity index (χ0v) is 13.6. The Balaban J connectivity index is 2.05. The van der Waals surface area contributed by atoms with Gasteiger partial charge >= 0.3 is 0 Å². The van der Waals surface area contributed by atoms with Gasteiger partial charge in [0.1, 0.15) is 11.5 Å². The maximum absolute atomic E-state index is 10.3. The maximum atomic E-state index is 10.3. The zero-order valence-electron chi connectivity index (χ0n) is 12.0. The normalized spacial score (nSPS) is 11.8. The Morgan fingerprint density at radius 2 is 1.81 bits per heavy atom. The van der Waals surface area contributed by atoms with Crippen molar-refractivity contribution in [3.63, 3.8) is 0 Å².